The number of rotatable bonds is 5. The number of likely N-dealkylation sites (tertiary alicyclic amines) is 1. The third-order valence-electron chi connectivity index (χ3n) is 4.25. The van der Waals surface area contributed by atoms with Gasteiger partial charge in [-0.3, -0.25) is 9.69 Å². The van der Waals surface area contributed by atoms with Gasteiger partial charge in [-0.1, -0.05) is 6.92 Å². The summed E-state index contributed by atoms with van der Waals surface area (Å²) in [6.07, 6.45) is 2.03. The summed E-state index contributed by atoms with van der Waals surface area (Å²) >= 11 is 0. The Morgan fingerprint density at radius 2 is 2.00 bits per heavy atom. The van der Waals surface area contributed by atoms with Gasteiger partial charge in [-0.05, 0) is 51.7 Å². The molecule has 1 fully saturated rings. The lowest BCUT2D eigenvalue weighted by Crippen LogP contribution is -2.44. The van der Waals surface area contributed by atoms with Crippen LogP contribution in [0.15, 0.2) is 18.2 Å². The number of ketones is 1. The molecule has 116 valence electrons. The highest BCUT2D eigenvalue weighted by Crippen LogP contribution is 2.16. The van der Waals surface area contributed by atoms with Gasteiger partial charge in [-0.2, -0.15) is 0 Å². The third kappa shape index (κ3) is 4.08. The molecule has 21 heavy (non-hydrogen) atoms. The minimum absolute atomic E-state index is 0.0331. The zero-order chi connectivity index (χ0) is 15.4. The van der Waals surface area contributed by atoms with E-state index in [0.29, 0.717) is 6.04 Å². The number of carbonyl (C=O) groups excluding carboxylic acids is 1. The lowest BCUT2D eigenvalue weighted by molar-refractivity contribution is 0.0855. The van der Waals surface area contributed by atoms with Crippen molar-refractivity contribution in [2.45, 2.75) is 25.8 Å². The second kappa shape index (κ2) is 7.09. The fraction of sp³-hybridized carbons (Fsp3) is 0.562. The molecule has 0 amide bonds. The number of halogens is 2. The van der Waals surface area contributed by atoms with Crippen molar-refractivity contribution in [1.82, 2.24) is 9.80 Å². The normalized spacial score (nSPS) is 17.4. The second-order valence-corrected chi connectivity index (χ2v) is 5.63. The highest BCUT2D eigenvalue weighted by atomic mass is 19.1. The van der Waals surface area contributed by atoms with Crippen molar-refractivity contribution >= 4 is 5.78 Å². The van der Waals surface area contributed by atoms with Crippen LogP contribution in [-0.4, -0.2) is 54.9 Å². The predicted octanol–water partition coefficient (Wildman–Crippen LogP) is 2.56. The molecule has 5 heteroatoms. The number of nitrogens with zero attached hydrogens (tertiary/aromatic N) is 2. The van der Waals surface area contributed by atoms with E-state index in [-0.39, 0.29) is 17.9 Å². The molecular weight excluding hydrogens is 274 g/mol. The molecule has 0 atom stereocenters. The Balaban J connectivity index is 1.93. The molecule has 1 aromatic carbocycles. The molecular formula is C16H22F2N2O. The van der Waals surface area contributed by atoms with Gasteiger partial charge in [0.1, 0.15) is 11.6 Å². The topological polar surface area (TPSA) is 23.6 Å². The van der Waals surface area contributed by atoms with Crippen molar-refractivity contribution in [2.75, 3.05) is 33.2 Å². The predicted molar refractivity (Wildman–Crippen MR) is 78.5 cm³/mol. The van der Waals surface area contributed by atoms with Crippen LogP contribution in [-0.2, 0) is 0 Å². The Kier molecular flexibility index (Phi) is 5.42. The van der Waals surface area contributed by atoms with E-state index in [4.69, 9.17) is 0 Å². The average Bonchev–Trinajstić information content (AvgIpc) is 2.47. The molecule has 0 saturated carbocycles. The molecule has 1 aliphatic rings. The molecule has 1 aliphatic heterocycles. The summed E-state index contributed by atoms with van der Waals surface area (Å²) in [6.45, 7) is 5.43. The Hall–Kier alpha value is -1.33. The van der Waals surface area contributed by atoms with Crippen molar-refractivity contribution in [3.05, 3.63) is 35.4 Å². The van der Waals surface area contributed by atoms with Crippen LogP contribution < -0.4 is 0 Å². The van der Waals surface area contributed by atoms with E-state index in [1.807, 2.05) is 11.9 Å². The van der Waals surface area contributed by atoms with Gasteiger partial charge in [0.15, 0.2) is 5.78 Å². The van der Waals surface area contributed by atoms with Gasteiger partial charge < -0.3 is 4.90 Å². The van der Waals surface area contributed by atoms with Gasteiger partial charge >= 0.3 is 0 Å². The van der Waals surface area contributed by atoms with Crippen LogP contribution in [0.5, 0.6) is 0 Å². The first kappa shape index (κ1) is 16.0. The summed E-state index contributed by atoms with van der Waals surface area (Å²) in [6, 6.07) is 3.45. The molecule has 0 unspecified atom stereocenters. The van der Waals surface area contributed by atoms with E-state index >= 15 is 0 Å². The zero-order valence-corrected chi connectivity index (χ0v) is 12.6. The molecule has 0 radical (unpaired) electrons. The molecule has 1 saturated heterocycles. The first-order valence-corrected chi connectivity index (χ1v) is 7.42. The Morgan fingerprint density at radius 3 is 2.57 bits per heavy atom. The van der Waals surface area contributed by atoms with Crippen LogP contribution in [0, 0.1) is 11.6 Å². The molecule has 2 rings (SSSR count). The number of carbonyl (C=O) groups is 1. The minimum Gasteiger partial charge on any atom is -0.303 e. The van der Waals surface area contributed by atoms with E-state index in [1.165, 1.54) is 6.07 Å². The Labute approximate surface area is 124 Å². The summed E-state index contributed by atoms with van der Waals surface area (Å²) in [7, 11) is 1.89. The third-order valence-corrected chi connectivity index (χ3v) is 4.25. The summed E-state index contributed by atoms with van der Waals surface area (Å²) in [5, 5.41) is 0. The first-order valence-electron chi connectivity index (χ1n) is 7.42. The summed E-state index contributed by atoms with van der Waals surface area (Å²) in [5.41, 5.74) is -0.0331. The molecule has 3 nitrogen and oxygen atoms in total. The van der Waals surface area contributed by atoms with Crippen molar-refractivity contribution in [1.29, 1.82) is 0 Å². The van der Waals surface area contributed by atoms with Crippen LogP contribution in [0.1, 0.15) is 30.1 Å². The van der Waals surface area contributed by atoms with Crippen molar-refractivity contribution in [3.63, 3.8) is 0 Å². The largest absolute Gasteiger partial charge is 0.303 e. The first-order chi connectivity index (χ1) is 10.0. The van der Waals surface area contributed by atoms with Crippen LogP contribution in [0.4, 0.5) is 8.78 Å². The van der Waals surface area contributed by atoms with E-state index in [2.05, 4.69) is 11.8 Å². The van der Waals surface area contributed by atoms with Crippen molar-refractivity contribution in [3.8, 4) is 0 Å². The Bertz CT molecular complexity index is 499. The lowest BCUT2D eigenvalue weighted by atomic mass is 10.0. The molecule has 1 heterocycles. The lowest BCUT2D eigenvalue weighted by Gasteiger charge is -2.36. The van der Waals surface area contributed by atoms with E-state index in [1.54, 1.807) is 0 Å². The molecule has 0 aliphatic carbocycles. The average molecular weight is 296 g/mol. The van der Waals surface area contributed by atoms with E-state index < -0.39 is 11.6 Å². The fourth-order valence-electron chi connectivity index (χ4n) is 2.83. The standard InChI is InChI=1S/C16H22F2N2O/c1-3-20-8-6-13(7-9-20)19(2)11-16(21)14-5-4-12(17)10-15(14)18/h4-5,10,13H,3,6-9,11H2,1-2H3. The zero-order valence-electron chi connectivity index (χ0n) is 12.6. The molecule has 0 aromatic heterocycles. The van der Waals surface area contributed by atoms with Gasteiger partial charge in [-0.15, -0.1) is 0 Å². The number of benzene rings is 1. The highest BCUT2D eigenvalue weighted by Gasteiger charge is 2.24. The monoisotopic (exact) mass is 296 g/mol. The van der Waals surface area contributed by atoms with Gasteiger partial charge in [0, 0.05) is 12.1 Å². The Morgan fingerprint density at radius 1 is 1.33 bits per heavy atom. The number of hydrogen-bond donors (Lipinski definition) is 0. The molecule has 0 N–H and O–H groups in total. The SMILES string of the molecule is CCN1CCC(N(C)CC(=O)c2ccc(F)cc2F)CC1. The number of likely N-dealkylation sites (N-methyl/N-ethyl adjacent to an activating group) is 1. The minimum atomic E-state index is -0.783. The van der Waals surface area contributed by atoms with Crippen LogP contribution in [0.3, 0.4) is 0 Å². The molecule has 0 bridgehead atoms. The van der Waals surface area contributed by atoms with Crippen LogP contribution in [0.25, 0.3) is 0 Å². The van der Waals surface area contributed by atoms with Crippen LogP contribution >= 0.6 is 0 Å². The fourth-order valence-corrected chi connectivity index (χ4v) is 2.83. The maximum absolute atomic E-state index is 13.6. The van der Waals surface area contributed by atoms with Gasteiger partial charge in [-0.25, -0.2) is 8.78 Å². The van der Waals surface area contributed by atoms with Gasteiger partial charge in [0.2, 0.25) is 0 Å². The number of Topliss-reactive ketones (excluding diaryl/α,β-unsaturated/α-hetero) is 1. The van der Waals surface area contributed by atoms with Crippen molar-refractivity contribution in [2.24, 2.45) is 0 Å². The summed E-state index contributed by atoms with van der Waals surface area (Å²) in [4.78, 5) is 16.5. The van der Waals surface area contributed by atoms with Gasteiger partial charge in [0.25, 0.3) is 0 Å². The van der Waals surface area contributed by atoms with Crippen LogP contribution in [0.2, 0.25) is 0 Å². The highest BCUT2D eigenvalue weighted by molar-refractivity contribution is 5.97. The van der Waals surface area contributed by atoms with E-state index in [0.717, 1.165) is 44.6 Å². The number of piperidine rings is 1. The summed E-state index contributed by atoms with van der Waals surface area (Å²) < 4.78 is 26.5. The second-order valence-electron chi connectivity index (χ2n) is 5.63. The molecule has 0 spiro atoms. The van der Waals surface area contributed by atoms with E-state index in [9.17, 15) is 13.6 Å². The maximum Gasteiger partial charge on any atom is 0.179 e. The smallest absolute Gasteiger partial charge is 0.179 e. The molecule has 1 aromatic rings. The maximum atomic E-state index is 13.6. The number of hydrogen-bond acceptors (Lipinski definition) is 3. The van der Waals surface area contributed by atoms with Gasteiger partial charge in [0.05, 0.1) is 12.1 Å². The quantitative estimate of drug-likeness (QED) is 0.780. The van der Waals surface area contributed by atoms with Crippen molar-refractivity contribution < 1.29 is 13.6 Å². The summed E-state index contributed by atoms with van der Waals surface area (Å²) in [5.74, 6) is -1.74.